The molecule has 1 fully saturated rings. The second-order valence-corrected chi connectivity index (χ2v) is 6.40. The van der Waals surface area contributed by atoms with Crippen molar-refractivity contribution in [3.8, 4) is 0 Å². The van der Waals surface area contributed by atoms with Gasteiger partial charge in [-0.3, -0.25) is 0 Å². The molecule has 0 spiro atoms. The molecule has 3 N–H and O–H groups in total. The summed E-state index contributed by atoms with van der Waals surface area (Å²) in [5.41, 5.74) is 7.45. The van der Waals surface area contributed by atoms with E-state index in [1.807, 2.05) is 0 Å². The lowest BCUT2D eigenvalue weighted by Gasteiger charge is -2.34. The van der Waals surface area contributed by atoms with Crippen LogP contribution in [0.3, 0.4) is 0 Å². The van der Waals surface area contributed by atoms with Crippen LogP contribution in [0.5, 0.6) is 0 Å². The van der Waals surface area contributed by atoms with Crippen molar-refractivity contribution in [2.45, 2.75) is 39.0 Å². The lowest BCUT2D eigenvalue weighted by atomic mass is 9.76. The third-order valence-corrected chi connectivity index (χ3v) is 4.41. The molecule has 0 saturated heterocycles. The topological polar surface area (TPSA) is 38.0 Å². The van der Waals surface area contributed by atoms with Gasteiger partial charge in [0, 0.05) is 12.2 Å². The number of benzene rings is 1. The van der Waals surface area contributed by atoms with E-state index in [9.17, 15) is 0 Å². The van der Waals surface area contributed by atoms with Crippen molar-refractivity contribution >= 4 is 34.6 Å². The summed E-state index contributed by atoms with van der Waals surface area (Å²) in [4.78, 5) is 0. The number of halogens is 2. The van der Waals surface area contributed by atoms with Crippen LogP contribution in [0.1, 0.15) is 39.0 Å². The molecule has 2 rings (SSSR count). The Balaban J connectivity index is 2.06. The van der Waals surface area contributed by atoms with Crippen molar-refractivity contribution in [2.24, 2.45) is 5.41 Å². The molecule has 1 aliphatic carbocycles. The fraction of sp³-hybridized carbons (Fsp3) is 0.571. The van der Waals surface area contributed by atoms with E-state index in [1.54, 1.807) is 12.1 Å². The molecule has 0 unspecified atom stereocenters. The van der Waals surface area contributed by atoms with Crippen LogP contribution in [0.15, 0.2) is 12.1 Å². The molecule has 0 radical (unpaired) electrons. The maximum Gasteiger partial charge on any atom is 0.0720 e. The number of nitrogens with one attached hydrogen (secondary N) is 1. The van der Waals surface area contributed by atoms with Gasteiger partial charge in [-0.25, -0.2) is 0 Å². The molecular weight excluding hydrogens is 267 g/mol. The second-order valence-electron chi connectivity index (χ2n) is 5.58. The van der Waals surface area contributed by atoms with Crippen LogP contribution in [0.4, 0.5) is 11.4 Å². The van der Waals surface area contributed by atoms with Crippen LogP contribution in [0.25, 0.3) is 0 Å². The van der Waals surface area contributed by atoms with Crippen molar-refractivity contribution in [3.05, 3.63) is 22.2 Å². The minimum Gasteiger partial charge on any atom is -0.399 e. The molecule has 1 aromatic rings. The average molecular weight is 287 g/mol. The summed E-state index contributed by atoms with van der Waals surface area (Å²) in [6.45, 7) is 3.24. The lowest BCUT2D eigenvalue weighted by Crippen LogP contribution is -2.29. The molecule has 0 bridgehead atoms. The first-order valence-corrected chi connectivity index (χ1v) is 7.24. The SMILES string of the molecule is CC1(CNc2c(Cl)cc(N)cc2Cl)CCCCC1. The summed E-state index contributed by atoms with van der Waals surface area (Å²) >= 11 is 12.3. The largest absolute Gasteiger partial charge is 0.399 e. The van der Waals surface area contributed by atoms with E-state index < -0.39 is 0 Å². The van der Waals surface area contributed by atoms with Crippen LogP contribution >= 0.6 is 23.2 Å². The number of hydrogen-bond donors (Lipinski definition) is 2. The molecule has 1 aromatic carbocycles. The zero-order valence-electron chi connectivity index (χ0n) is 10.7. The molecule has 0 amide bonds. The summed E-state index contributed by atoms with van der Waals surface area (Å²) in [6.07, 6.45) is 6.54. The highest BCUT2D eigenvalue weighted by atomic mass is 35.5. The van der Waals surface area contributed by atoms with Gasteiger partial charge < -0.3 is 11.1 Å². The van der Waals surface area contributed by atoms with Crippen LogP contribution in [-0.4, -0.2) is 6.54 Å². The fourth-order valence-electron chi connectivity index (χ4n) is 2.65. The first kappa shape index (κ1) is 13.8. The quantitative estimate of drug-likeness (QED) is 0.771. The van der Waals surface area contributed by atoms with Crippen LogP contribution < -0.4 is 11.1 Å². The molecule has 0 atom stereocenters. The third-order valence-electron chi connectivity index (χ3n) is 3.82. The number of anilines is 2. The van der Waals surface area contributed by atoms with Crippen LogP contribution in [-0.2, 0) is 0 Å². The van der Waals surface area contributed by atoms with Gasteiger partial charge in [0.25, 0.3) is 0 Å². The maximum absolute atomic E-state index is 6.17. The van der Waals surface area contributed by atoms with E-state index in [-0.39, 0.29) is 0 Å². The highest BCUT2D eigenvalue weighted by Gasteiger charge is 2.26. The van der Waals surface area contributed by atoms with E-state index in [0.29, 0.717) is 21.1 Å². The molecule has 0 heterocycles. The Hall–Kier alpha value is -0.600. The van der Waals surface area contributed by atoms with Gasteiger partial charge in [-0.15, -0.1) is 0 Å². The molecule has 1 aliphatic rings. The number of hydrogen-bond acceptors (Lipinski definition) is 2. The van der Waals surface area contributed by atoms with Gasteiger partial charge in [0.15, 0.2) is 0 Å². The van der Waals surface area contributed by atoms with E-state index in [0.717, 1.165) is 12.2 Å². The minimum absolute atomic E-state index is 0.353. The van der Waals surface area contributed by atoms with Gasteiger partial charge in [-0.2, -0.15) is 0 Å². The van der Waals surface area contributed by atoms with Gasteiger partial charge in [0.05, 0.1) is 15.7 Å². The van der Waals surface area contributed by atoms with E-state index in [1.165, 1.54) is 32.1 Å². The van der Waals surface area contributed by atoms with Gasteiger partial charge >= 0.3 is 0 Å². The Kier molecular flexibility index (Phi) is 4.29. The predicted molar refractivity (Wildman–Crippen MR) is 80.6 cm³/mol. The summed E-state index contributed by atoms with van der Waals surface area (Å²) < 4.78 is 0. The zero-order valence-corrected chi connectivity index (χ0v) is 12.2. The standard InChI is InChI=1S/C14H20Cl2N2/c1-14(5-3-2-4-6-14)9-18-13-11(15)7-10(17)8-12(13)16/h7-8,18H,2-6,9,17H2,1H3. The zero-order chi connectivity index (χ0) is 13.2. The molecule has 0 aliphatic heterocycles. The molecule has 4 heteroatoms. The second kappa shape index (κ2) is 5.58. The highest BCUT2D eigenvalue weighted by Crippen LogP contribution is 2.38. The van der Waals surface area contributed by atoms with Gasteiger partial charge in [0.2, 0.25) is 0 Å². The lowest BCUT2D eigenvalue weighted by molar-refractivity contribution is 0.233. The minimum atomic E-state index is 0.353. The van der Waals surface area contributed by atoms with Crippen molar-refractivity contribution in [1.29, 1.82) is 0 Å². The normalized spacial score (nSPS) is 18.6. The number of nitrogens with two attached hydrogens (primary N) is 1. The monoisotopic (exact) mass is 286 g/mol. The Bertz CT molecular complexity index is 403. The molecule has 18 heavy (non-hydrogen) atoms. The van der Waals surface area contributed by atoms with Crippen molar-refractivity contribution < 1.29 is 0 Å². The Labute approximate surface area is 119 Å². The summed E-state index contributed by atoms with van der Waals surface area (Å²) in [7, 11) is 0. The molecule has 100 valence electrons. The first-order chi connectivity index (χ1) is 8.50. The number of nitrogen functional groups attached to an aromatic ring is 1. The van der Waals surface area contributed by atoms with Gasteiger partial charge in [-0.1, -0.05) is 49.4 Å². The smallest absolute Gasteiger partial charge is 0.0720 e. The Morgan fingerprint density at radius 3 is 2.28 bits per heavy atom. The molecule has 1 saturated carbocycles. The van der Waals surface area contributed by atoms with Gasteiger partial charge in [0.1, 0.15) is 0 Å². The van der Waals surface area contributed by atoms with Crippen LogP contribution in [0.2, 0.25) is 10.0 Å². The van der Waals surface area contributed by atoms with Crippen molar-refractivity contribution in [3.63, 3.8) is 0 Å². The van der Waals surface area contributed by atoms with Gasteiger partial charge in [-0.05, 0) is 30.4 Å². The summed E-state index contributed by atoms with van der Waals surface area (Å²) in [6, 6.07) is 3.47. The van der Waals surface area contributed by atoms with Crippen molar-refractivity contribution in [2.75, 3.05) is 17.6 Å². The van der Waals surface area contributed by atoms with Crippen molar-refractivity contribution in [1.82, 2.24) is 0 Å². The van der Waals surface area contributed by atoms with E-state index in [2.05, 4.69) is 12.2 Å². The summed E-state index contributed by atoms with van der Waals surface area (Å²) in [5, 5.41) is 4.59. The fourth-order valence-corrected chi connectivity index (χ4v) is 3.28. The summed E-state index contributed by atoms with van der Waals surface area (Å²) in [5.74, 6) is 0. The van der Waals surface area contributed by atoms with E-state index >= 15 is 0 Å². The average Bonchev–Trinajstić information content (AvgIpc) is 2.28. The molecular formula is C14H20Cl2N2. The van der Waals surface area contributed by atoms with Crippen LogP contribution in [0, 0.1) is 5.41 Å². The van der Waals surface area contributed by atoms with E-state index in [4.69, 9.17) is 28.9 Å². The highest BCUT2D eigenvalue weighted by molar-refractivity contribution is 6.39. The third kappa shape index (κ3) is 3.24. The predicted octanol–water partition coefficient (Wildman–Crippen LogP) is 4.96. The number of rotatable bonds is 3. The Morgan fingerprint density at radius 1 is 1.17 bits per heavy atom. The first-order valence-electron chi connectivity index (χ1n) is 6.49. The maximum atomic E-state index is 6.17. The Morgan fingerprint density at radius 2 is 1.72 bits per heavy atom. The molecule has 2 nitrogen and oxygen atoms in total. The molecule has 0 aromatic heterocycles.